The van der Waals surface area contributed by atoms with Gasteiger partial charge in [-0.1, -0.05) is 39.8 Å². The molecule has 1 aromatic carbocycles. The molecule has 5 rings (SSSR count). The molecule has 3 fully saturated rings. The van der Waals surface area contributed by atoms with E-state index in [0.717, 1.165) is 18.4 Å². The highest BCUT2D eigenvalue weighted by molar-refractivity contribution is 6.65. The lowest BCUT2D eigenvalue weighted by Gasteiger charge is -2.61. The highest BCUT2D eigenvalue weighted by Crippen LogP contribution is 2.68. The Morgan fingerprint density at radius 3 is 2.70 bits per heavy atom. The third-order valence-electron chi connectivity index (χ3n) is 11.0. The Bertz CT molecular complexity index is 1240. The van der Waals surface area contributed by atoms with Gasteiger partial charge in [-0.05, 0) is 66.1 Å². The molecule has 0 amide bonds. The highest BCUT2D eigenvalue weighted by Gasteiger charge is 2.70. The minimum absolute atomic E-state index is 0.0379. The summed E-state index contributed by atoms with van der Waals surface area (Å²) in [4.78, 5) is 28.4. The molecule has 0 saturated heterocycles. The molecule has 1 heterocycles. The Morgan fingerprint density at radius 1 is 1.27 bits per heavy atom. The van der Waals surface area contributed by atoms with Crippen LogP contribution in [-0.4, -0.2) is 77.1 Å². The first-order valence-corrected chi connectivity index (χ1v) is 14.2. The van der Waals surface area contributed by atoms with Crippen LogP contribution >= 0.6 is 0 Å². The number of benzene rings is 1. The fraction of sp³-hybridized carbons (Fsp3) is 0.633. The first kappa shape index (κ1) is 28.8. The topological polar surface area (TPSA) is 129 Å². The number of ketones is 1. The number of aliphatic hydroxyl groups excluding tert-OH is 2. The number of ether oxygens (including phenoxy) is 2. The fourth-order valence-corrected chi connectivity index (χ4v) is 8.22. The van der Waals surface area contributed by atoms with Gasteiger partial charge >= 0.3 is 13.0 Å². The summed E-state index contributed by atoms with van der Waals surface area (Å²) in [5, 5.41) is 37.1. The molecule has 9 atom stereocenters. The number of rotatable bonds is 5. The number of hydrazone groups is 1. The molecule has 216 valence electrons. The van der Waals surface area contributed by atoms with Crippen LogP contribution < -0.4 is 10.2 Å². The Labute approximate surface area is 236 Å². The fourth-order valence-electron chi connectivity index (χ4n) is 8.22. The number of carbonyl (C=O) groups is 2. The van der Waals surface area contributed by atoms with Gasteiger partial charge in [0.15, 0.2) is 12.4 Å². The van der Waals surface area contributed by atoms with Gasteiger partial charge in [0.25, 0.3) is 0 Å². The highest BCUT2D eigenvalue weighted by atomic mass is 16.6. The lowest BCUT2D eigenvalue weighted by molar-refractivity contribution is -0.207. The minimum Gasteiger partial charge on any atom is -0.482 e. The average Bonchev–Trinajstić information content (AvgIpc) is 3.21. The van der Waals surface area contributed by atoms with E-state index in [1.807, 2.05) is 20.8 Å². The molecule has 3 N–H and O–H groups in total. The molecular formula is C30H41BN2O7. The quantitative estimate of drug-likeness (QED) is 0.287. The van der Waals surface area contributed by atoms with Gasteiger partial charge in [-0.25, -0.2) is 4.79 Å². The molecule has 3 aliphatic carbocycles. The maximum Gasteiger partial charge on any atom is 0.466 e. The van der Waals surface area contributed by atoms with Crippen LogP contribution in [0.1, 0.15) is 58.9 Å². The largest absolute Gasteiger partial charge is 0.482 e. The van der Waals surface area contributed by atoms with Crippen molar-refractivity contribution in [3.8, 4) is 5.75 Å². The third-order valence-corrected chi connectivity index (χ3v) is 11.0. The van der Waals surface area contributed by atoms with Gasteiger partial charge in [-0.15, -0.1) is 6.58 Å². The molecule has 0 aromatic heterocycles. The maximum absolute atomic E-state index is 13.6. The van der Waals surface area contributed by atoms with Crippen LogP contribution in [0.25, 0.3) is 0 Å². The lowest BCUT2D eigenvalue weighted by Crippen LogP contribution is -2.63. The van der Waals surface area contributed by atoms with Gasteiger partial charge < -0.3 is 29.6 Å². The van der Waals surface area contributed by atoms with Crippen molar-refractivity contribution < 1.29 is 34.3 Å². The van der Waals surface area contributed by atoms with Gasteiger partial charge in [-0.2, -0.15) is 5.10 Å². The zero-order chi connectivity index (χ0) is 29.2. The molecule has 1 aromatic rings. The number of hydrogen-bond acceptors (Lipinski definition) is 9. The molecule has 1 aliphatic heterocycles. The first-order chi connectivity index (χ1) is 18.8. The summed E-state index contributed by atoms with van der Waals surface area (Å²) < 4.78 is 12.0. The van der Waals surface area contributed by atoms with Crippen molar-refractivity contribution in [1.82, 2.24) is 4.92 Å². The van der Waals surface area contributed by atoms with E-state index in [-0.39, 0.29) is 24.2 Å². The molecule has 0 unspecified atom stereocenters. The van der Waals surface area contributed by atoms with Gasteiger partial charge in [0.2, 0.25) is 0 Å². The van der Waals surface area contributed by atoms with Crippen LogP contribution in [0.15, 0.2) is 36.0 Å². The number of esters is 1. The Kier molecular flexibility index (Phi) is 7.20. The van der Waals surface area contributed by atoms with E-state index in [0.29, 0.717) is 24.1 Å². The van der Waals surface area contributed by atoms with Crippen molar-refractivity contribution in [3.05, 3.63) is 36.4 Å². The zero-order valence-corrected chi connectivity index (χ0v) is 24.0. The Morgan fingerprint density at radius 2 is 2.00 bits per heavy atom. The van der Waals surface area contributed by atoms with E-state index < -0.39 is 53.5 Å². The van der Waals surface area contributed by atoms with E-state index in [1.165, 1.54) is 4.92 Å². The summed E-state index contributed by atoms with van der Waals surface area (Å²) in [7, 11) is 0.733. The van der Waals surface area contributed by atoms with E-state index in [2.05, 4.69) is 18.6 Å². The van der Waals surface area contributed by atoms with Gasteiger partial charge in [-0.3, -0.25) is 4.79 Å². The summed E-state index contributed by atoms with van der Waals surface area (Å²) in [5.74, 6) is -1.16. The number of Topliss-reactive ketones (excluding diaryl/α,β-unsaturated/α-hetero) is 1. The number of fused-ring (bicyclic) bond motifs is 1. The van der Waals surface area contributed by atoms with Gasteiger partial charge in [0.1, 0.15) is 18.0 Å². The van der Waals surface area contributed by atoms with E-state index in [9.17, 15) is 24.8 Å². The summed E-state index contributed by atoms with van der Waals surface area (Å²) in [6, 6.07) is 5.15. The number of carbonyl (C=O) groups excluding carboxylic acids is 2. The normalized spacial score (nSPS) is 40.5. The van der Waals surface area contributed by atoms with Gasteiger partial charge in [0.05, 0.1) is 12.3 Å². The van der Waals surface area contributed by atoms with Crippen molar-refractivity contribution in [2.75, 3.05) is 13.7 Å². The molecular weight excluding hydrogens is 511 g/mol. The first-order valence-electron chi connectivity index (χ1n) is 14.2. The van der Waals surface area contributed by atoms with Crippen molar-refractivity contribution in [3.63, 3.8) is 0 Å². The second-order valence-corrected chi connectivity index (χ2v) is 13.0. The standard InChI is InChI=1S/C30H41BN2O7/c1-7-28(4)14-23(40-24(35)16-39-20-9-8-19-15-32-33(6)31(38)21(19)12-20)29(5)17(2)10-11-30(18(3)27(28)37)13-22(34)25(36)26(29)30/h7-9,12,15,17-18,22-23,26-27,34,37-38H,1,10-11,13-14,16H2,2-6H3/t17-,18+,22+,23-,26+,27+,28-,29+,30+/m1/s1. The smallest absolute Gasteiger partial charge is 0.466 e. The van der Waals surface area contributed by atoms with E-state index >= 15 is 0 Å². The van der Waals surface area contributed by atoms with Crippen molar-refractivity contribution in [2.45, 2.75) is 71.7 Å². The molecule has 10 heteroatoms. The maximum atomic E-state index is 13.6. The third kappa shape index (κ3) is 4.22. The molecule has 0 radical (unpaired) electrons. The monoisotopic (exact) mass is 552 g/mol. The molecule has 9 nitrogen and oxygen atoms in total. The molecule has 2 bridgehead atoms. The van der Waals surface area contributed by atoms with Crippen LogP contribution in [0, 0.1) is 34.0 Å². The average molecular weight is 552 g/mol. The van der Waals surface area contributed by atoms with Crippen LogP contribution in [0.5, 0.6) is 5.75 Å². The van der Waals surface area contributed by atoms with Crippen LogP contribution in [0.2, 0.25) is 0 Å². The Balaban J connectivity index is 1.44. The summed E-state index contributed by atoms with van der Waals surface area (Å²) >= 11 is 0. The van der Waals surface area contributed by atoms with Crippen LogP contribution in [-0.2, 0) is 14.3 Å². The second kappa shape index (κ2) is 9.99. The van der Waals surface area contributed by atoms with Crippen LogP contribution in [0.3, 0.4) is 0 Å². The molecule has 3 saturated carbocycles. The molecule has 4 aliphatic rings. The summed E-state index contributed by atoms with van der Waals surface area (Å²) in [6.45, 7) is 11.7. The van der Waals surface area contributed by atoms with Crippen LogP contribution in [0.4, 0.5) is 0 Å². The van der Waals surface area contributed by atoms with Crippen molar-refractivity contribution >= 4 is 30.5 Å². The number of aliphatic hydroxyl groups is 2. The SMILES string of the molecule is C=C[C@]1(C)C[C@@H](OC(=O)COc2ccc3c(c2)B(O)N(C)N=C3)[C@]2(C)[C@H](C)CC[C@]3(C[C@H](O)C(=O)[C@H]32)[C@@H](C)[C@@H]1O. The van der Waals surface area contributed by atoms with Gasteiger partial charge in [0, 0.05) is 23.8 Å². The zero-order valence-electron chi connectivity index (χ0n) is 24.0. The van der Waals surface area contributed by atoms with Crippen molar-refractivity contribution in [2.24, 2.45) is 39.1 Å². The van der Waals surface area contributed by atoms with E-state index in [4.69, 9.17) is 9.47 Å². The molecule has 0 spiro atoms. The number of hydrogen-bond donors (Lipinski definition) is 3. The molecule has 40 heavy (non-hydrogen) atoms. The minimum atomic E-state index is -1.10. The lowest BCUT2D eigenvalue weighted by atomic mass is 9.44. The predicted molar refractivity (Wildman–Crippen MR) is 151 cm³/mol. The summed E-state index contributed by atoms with van der Waals surface area (Å²) in [6.07, 6.45) is 2.86. The second-order valence-electron chi connectivity index (χ2n) is 13.0. The Hall–Kier alpha value is -2.69. The van der Waals surface area contributed by atoms with E-state index in [1.54, 1.807) is 37.5 Å². The summed E-state index contributed by atoms with van der Waals surface area (Å²) in [5.41, 5.74) is -0.741. The number of nitrogens with zero attached hydrogens (tertiary/aromatic N) is 2. The van der Waals surface area contributed by atoms with Crippen molar-refractivity contribution in [1.29, 1.82) is 0 Å². The predicted octanol–water partition coefficient (Wildman–Crippen LogP) is 1.91.